The fraction of sp³-hybridized carbons (Fsp3) is 0.333. The predicted octanol–water partition coefficient (Wildman–Crippen LogP) is 1.52. The van der Waals surface area contributed by atoms with Crippen molar-refractivity contribution in [1.82, 2.24) is 10.3 Å². The number of nitrogens with one attached hydrogen (secondary N) is 1. The maximum absolute atomic E-state index is 10.9. The zero-order chi connectivity index (χ0) is 10.8. The van der Waals surface area contributed by atoms with Crippen molar-refractivity contribution in [3.05, 3.63) is 22.8 Å². The molecular weight excluding hydrogens is 220 g/mol. The number of methoxy groups -OCH3 is 1. The van der Waals surface area contributed by atoms with Gasteiger partial charge in [-0.1, -0.05) is 11.6 Å². The van der Waals surface area contributed by atoms with Gasteiger partial charge in [-0.15, -0.1) is 0 Å². The van der Waals surface area contributed by atoms with Crippen molar-refractivity contribution in [1.29, 1.82) is 0 Å². The number of carbonyl (C=O) groups excluding carboxylic acids is 1. The molecule has 2 rings (SSSR count). The van der Waals surface area contributed by atoms with Crippen LogP contribution in [0, 0.1) is 0 Å². The minimum absolute atomic E-state index is 0.341. The number of ether oxygens (including phenoxy) is 2. The zero-order valence-corrected chi connectivity index (χ0v) is 8.75. The Morgan fingerprint density at radius 1 is 1.67 bits per heavy atom. The predicted molar refractivity (Wildman–Crippen MR) is 53.0 cm³/mol. The molecule has 1 saturated heterocycles. The van der Waals surface area contributed by atoms with E-state index in [1.165, 1.54) is 7.11 Å². The Morgan fingerprint density at radius 2 is 2.47 bits per heavy atom. The number of cyclic esters (lactones) is 1. The Labute approximate surface area is 91.3 Å². The fourth-order valence-electron chi connectivity index (χ4n) is 1.40. The second kappa shape index (κ2) is 3.94. The van der Waals surface area contributed by atoms with Gasteiger partial charge in [0.05, 0.1) is 19.2 Å². The molecule has 1 amide bonds. The first-order chi connectivity index (χ1) is 7.20. The van der Waals surface area contributed by atoms with Gasteiger partial charge in [0.2, 0.25) is 5.88 Å². The first-order valence-electron chi connectivity index (χ1n) is 4.35. The van der Waals surface area contributed by atoms with E-state index in [9.17, 15) is 4.79 Å². The van der Waals surface area contributed by atoms with E-state index in [4.69, 9.17) is 21.1 Å². The number of amides is 1. The molecular formula is C9H9ClN2O3. The van der Waals surface area contributed by atoms with Crippen LogP contribution >= 0.6 is 11.6 Å². The molecule has 0 bridgehead atoms. The van der Waals surface area contributed by atoms with Crippen LogP contribution in [-0.4, -0.2) is 24.7 Å². The summed E-state index contributed by atoms with van der Waals surface area (Å²) in [5, 5.41) is 2.90. The third-order valence-corrected chi connectivity index (χ3v) is 2.29. The second-order valence-corrected chi connectivity index (χ2v) is 3.39. The number of carbonyl (C=O) groups is 1. The highest BCUT2D eigenvalue weighted by molar-refractivity contribution is 6.29. The summed E-state index contributed by atoms with van der Waals surface area (Å²) in [5.41, 5.74) is 0.709. The molecule has 0 spiro atoms. The van der Waals surface area contributed by atoms with E-state index in [0.717, 1.165) is 0 Å². The van der Waals surface area contributed by atoms with Gasteiger partial charge in [-0.2, -0.15) is 0 Å². The normalized spacial score (nSPS) is 19.6. The van der Waals surface area contributed by atoms with Crippen LogP contribution in [-0.2, 0) is 4.74 Å². The van der Waals surface area contributed by atoms with Gasteiger partial charge in [-0.25, -0.2) is 9.78 Å². The number of halogens is 1. The molecule has 15 heavy (non-hydrogen) atoms. The van der Waals surface area contributed by atoms with Crippen molar-refractivity contribution in [3.63, 3.8) is 0 Å². The molecule has 80 valence electrons. The van der Waals surface area contributed by atoms with Crippen LogP contribution in [0.4, 0.5) is 4.79 Å². The summed E-state index contributed by atoms with van der Waals surface area (Å²) >= 11 is 5.72. The van der Waals surface area contributed by atoms with Gasteiger partial charge >= 0.3 is 6.09 Å². The number of nitrogens with zero attached hydrogens (tertiary/aromatic N) is 1. The van der Waals surface area contributed by atoms with Gasteiger partial charge in [0.25, 0.3) is 0 Å². The molecule has 0 aliphatic carbocycles. The van der Waals surface area contributed by atoms with Crippen LogP contribution in [0.3, 0.4) is 0 Å². The van der Waals surface area contributed by atoms with Crippen LogP contribution in [0.1, 0.15) is 11.7 Å². The molecule has 0 saturated carbocycles. The standard InChI is InChI=1S/C9H9ClN2O3/c1-14-8-5(2-3-7(10)12-8)6-4-11-9(13)15-6/h2-3,6H,4H2,1H3,(H,11,13). The lowest BCUT2D eigenvalue weighted by molar-refractivity contribution is 0.139. The molecule has 2 heterocycles. The van der Waals surface area contributed by atoms with Crippen molar-refractivity contribution in [2.75, 3.05) is 13.7 Å². The number of aromatic nitrogens is 1. The van der Waals surface area contributed by atoms with E-state index >= 15 is 0 Å². The summed E-state index contributed by atoms with van der Waals surface area (Å²) in [5.74, 6) is 0.379. The number of pyridine rings is 1. The third kappa shape index (κ3) is 1.97. The smallest absolute Gasteiger partial charge is 0.407 e. The molecule has 1 fully saturated rings. The number of alkyl carbamates (subject to hydrolysis) is 1. The molecule has 0 aromatic carbocycles. The molecule has 1 aliphatic heterocycles. The van der Waals surface area contributed by atoms with Crippen LogP contribution in [0.15, 0.2) is 12.1 Å². The minimum Gasteiger partial charge on any atom is -0.481 e. The van der Waals surface area contributed by atoms with Crippen LogP contribution in [0.25, 0.3) is 0 Å². The Morgan fingerprint density at radius 3 is 3.07 bits per heavy atom. The Kier molecular flexibility index (Phi) is 2.64. The first-order valence-corrected chi connectivity index (χ1v) is 4.73. The van der Waals surface area contributed by atoms with Gasteiger partial charge in [0.15, 0.2) is 6.10 Å². The van der Waals surface area contributed by atoms with Gasteiger partial charge in [-0.3, -0.25) is 0 Å². The molecule has 6 heteroatoms. The summed E-state index contributed by atoms with van der Waals surface area (Å²) in [6.45, 7) is 0.415. The van der Waals surface area contributed by atoms with Gasteiger partial charge < -0.3 is 14.8 Å². The van der Waals surface area contributed by atoms with Crippen molar-refractivity contribution in [3.8, 4) is 5.88 Å². The average molecular weight is 229 g/mol. The zero-order valence-electron chi connectivity index (χ0n) is 7.99. The summed E-state index contributed by atoms with van der Waals surface area (Å²) in [7, 11) is 1.49. The lowest BCUT2D eigenvalue weighted by Gasteiger charge is -2.11. The third-order valence-electron chi connectivity index (χ3n) is 2.08. The van der Waals surface area contributed by atoms with E-state index in [-0.39, 0.29) is 6.10 Å². The first kappa shape index (κ1) is 10.0. The number of rotatable bonds is 2. The maximum atomic E-state index is 10.9. The number of hydrogen-bond donors (Lipinski definition) is 1. The highest BCUT2D eigenvalue weighted by Gasteiger charge is 2.27. The van der Waals surface area contributed by atoms with Crippen molar-refractivity contribution in [2.45, 2.75) is 6.10 Å². The second-order valence-electron chi connectivity index (χ2n) is 3.01. The van der Waals surface area contributed by atoms with Crippen LogP contribution in [0.2, 0.25) is 5.15 Å². The number of hydrogen-bond acceptors (Lipinski definition) is 4. The minimum atomic E-state index is -0.433. The van der Waals surface area contributed by atoms with Crippen molar-refractivity contribution in [2.24, 2.45) is 0 Å². The van der Waals surface area contributed by atoms with E-state index < -0.39 is 6.09 Å². The molecule has 5 nitrogen and oxygen atoms in total. The molecule has 1 atom stereocenters. The molecule has 1 unspecified atom stereocenters. The summed E-state index contributed by atoms with van der Waals surface area (Å²) in [6, 6.07) is 3.37. The Bertz CT molecular complexity index is 397. The van der Waals surface area contributed by atoms with Gasteiger partial charge in [0.1, 0.15) is 5.15 Å². The van der Waals surface area contributed by atoms with E-state index in [0.29, 0.717) is 23.1 Å². The molecule has 1 aromatic rings. The van der Waals surface area contributed by atoms with Crippen molar-refractivity contribution >= 4 is 17.7 Å². The Balaban J connectivity index is 2.31. The maximum Gasteiger partial charge on any atom is 0.407 e. The van der Waals surface area contributed by atoms with Crippen LogP contribution in [0.5, 0.6) is 5.88 Å². The Hall–Kier alpha value is -1.49. The quantitative estimate of drug-likeness (QED) is 0.780. The molecule has 1 aromatic heterocycles. The van der Waals surface area contributed by atoms with Crippen molar-refractivity contribution < 1.29 is 14.3 Å². The van der Waals surface area contributed by atoms with Gasteiger partial charge in [0, 0.05) is 0 Å². The average Bonchev–Trinajstić information content (AvgIpc) is 2.64. The van der Waals surface area contributed by atoms with E-state index in [1.807, 2.05) is 0 Å². The highest BCUT2D eigenvalue weighted by atomic mass is 35.5. The van der Waals surface area contributed by atoms with E-state index in [2.05, 4.69) is 10.3 Å². The van der Waals surface area contributed by atoms with Crippen LogP contribution < -0.4 is 10.1 Å². The fourth-order valence-corrected chi connectivity index (χ4v) is 1.54. The lowest BCUT2D eigenvalue weighted by atomic mass is 10.1. The molecule has 1 aliphatic rings. The lowest BCUT2D eigenvalue weighted by Crippen LogP contribution is -2.12. The SMILES string of the molecule is COc1nc(Cl)ccc1C1CNC(=O)O1. The summed E-state index contributed by atoms with van der Waals surface area (Å²) in [4.78, 5) is 14.9. The largest absolute Gasteiger partial charge is 0.481 e. The van der Waals surface area contributed by atoms with E-state index in [1.54, 1.807) is 12.1 Å². The highest BCUT2D eigenvalue weighted by Crippen LogP contribution is 2.29. The molecule has 0 radical (unpaired) electrons. The molecule has 1 N–H and O–H groups in total. The summed E-state index contributed by atoms with van der Waals surface area (Å²) < 4.78 is 10.1. The van der Waals surface area contributed by atoms with Gasteiger partial charge in [-0.05, 0) is 12.1 Å². The monoisotopic (exact) mass is 228 g/mol. The summed E-state index contributed by atoms with van der Waals surface area (Å²) in [6.07, 6.45) is -0.797. The topological polar surface area (TPSA) is 60.5 Å².